The molecule has 0 amide bonds. The van der Waals surface area contributed by atoms with Crippen molar-refractivity contribution >= 4 is 5.69 Å². The molecular formula is C24H22F2N2. The molecule has 0 spiro atoms. The van der Waals surface area contributed by atoms with Gasteiger partial charge in [-0.2, -0.15) is 0 Å². The third kappa shape index (κ3) is 3.18. The quantitative estimate of drug-likeness (QED) is 0.638. The highest BCUT2D eigenvalue weighted by Gasteiger charge is 2.39. The van der Waals surface area contributed by atoms with Crippen LogP contribution >= 0.6 is 0 Å². The number of fused-ring (bicyclic) bond motifs is 3. The predicted octanol–water partition coefficient (Wildman–Crippen LogP) is 5.62. The first kappa shape index (κ1) is 17.4. The molecule has 2 aliphatic rings. The number of benzene rings is 3. The molecule has 0 radical (unpaired) electrons. The number of anilines is 1. The SMILES string of the molecule is Fc1ccc(CN2CCC3CNc4ccc(-c5ccc(F)cc5)cc4C32)cc1. The summed E-state index contributed by atoms with van der Waals surface area (Å²) in [7, 11) is 0. The molecule has 2 unspecified atom stereocenters. The molecule has 2 nitrogen and oxygen atoms in total. The first-order valence-electron chi connectivity index (χ1n) is 9.79. The van der Waals surface area contributed by atoms with E-state index in [1.54, 1.807) is 0 Å². The minimum absolute atomic E-state index is 0.195. The van der Waals surface area contributed by atoms with Gasteiger partial charge in [-0.15, -0.1) is 0 Å². The van der Waals surface area contributed by atoms with E-state index in [4.69, 9.17) is 0 Å². The van der Waals surface area contributed by atoms with Crippen molar-refractivity contribution in [1.82, 2.24) is 4.90 Å². The molecular weight excluding hydrogens is 354 g/mol. The Morgan fingerprint density at radius 2 is 1.54 bits per heavy atom. The van der Waals surface area contributed by atoms with Crippen molar-refractivity contribution in [3.8, 4) is 11.1 Å². The first-order chi connectivity index (χ1) is 13.7. The van der Waals surface area contributed by atoms with Crippen LogP contribution in [0.25, 0.3) is 11.1 Å². The lowest BCUT2D eigenvalue weighted by molar-refractivity contribution is 0.220. The fraction of sp³-hybridized carbons (Fsp3) is 0.250. The van der Waals surface area contributed by atoms with Gasteiger partial charge in [-0.25, -0.2) is 8.78 Å². The molecule has 5 rings (SSSR count). The average Bonchev–Trinajstić information content (AvgIpc) is 3.13. The number of nitrogens with zero attached hydrogens (tertiary/aromatic N) is 1. The van der Waals surface area contributed by atoms with Gasteiger partial charge < -0.3 is 5.32 Å². The van der Waals surface area contributed by atoms with Crippen molar-refractivity contribution in [2.45, 2.75) is 19.0 Å². The van der Waals surface area contributed by atoms with Crippen molar-refractivity contribution in [3.05, 3.63) is 89.5 Å². The molecule has 0 bridgehead atoms. The molecule has 2 heterocycles. The van der Waals surface area contributed by atoms with Crippen LogP contribution in [-0.2, 0) is 6.54 Å². The number of hydrogen-bond acceptors (Lipinski definition) is 2. The standard InChI is InChI=1S/C24H22F2N2/c25-20-6-1-16(2-7-20)15-28-12-11-19-14-27-23-10-5-18(13-22(23)24(19)28)17-3-8-21(26)9-4-17/h1-10,13,19,24,27H,11-12,14-15H2. The highest BCUT2D eigenvalue weighted by atomic mass is 19.1. The number of hydrogen-bond donors (Lipinski definition) is 1. The van der Waals surface area contributed by atoms with Gasteiger partial charge in [-0.3, -0.25) is 4.90 Å². The second-order valence-corrected chi connectivity index (χ2v) is 7.78. The molecule has 28 heavy (non-hydrogen) atoms. The summed E-state index contributed by atoms with van der Waals surface area (Å²) in [5.41, 5.74) is 5.75. The highest BCUT2D eigenvalue weighted by molar-refractivity contribution is 5.70. The zero-order valence-corrected chi connectivity index (χ0v) is 15.5. The average molecular weight is 376 g/mol. The molecule has 4 heteroatoms. The van der Waals surface area contributed by atoms with Crippen molar-refractivity contribution in [2.75, 3.05) is 18.4 Å². The van der Waals surface area contributed by atoms with Gasteiger partial charge in [0.05, 0.1) is 0 Å². The molecule has 142 valence electrons. The Labute approximate surface area is 163 Å². The number of halogens is 2. The Kier molecular flexibility index (Phi) is 4.36. The molecule has 0 saturated carbocycles. The van der Waals surface area contributed by atoms with E-state index in [2.05, 4.69) is 28.4 Å². The summed E-state index contributed by atoms with van der Waals surface area (Å²) in [6.07, 6.45) is 1.15. The molecule has 1 saturated heterocycles. The molecule has 0 aromatic heterocycles. The minimum Gasteiger partial charge on any atom is -0.384 e. The second kappa shape index (κ2) is 7.02. The van der Waals surface area contributed by atoms with Crippen LogP contribution in [0.5, 0.6) is 0 Å². The van der Waals surface area contributed by atoms with E-state index < -0.39 is 0 Å². The third-order valence-corrected chi connectivity index (χ3v) is 6.03. The van der Waals surface area contributed by atoms with Crippen LogP contribution in [0.15, 0.2) is 66.7 Å². The topological polar surface area (TPSA) is 15.3 Å². The van der Waals surface area contributed by atoms with Crippen LogP contribution in [0.4, 0.5) is 14.5 Å². The lowest BCUT2D eigenvalue weighted by Crippen LogP contribution is -2.32. The van der Waals surface area contributed by atoms with Crippen molar-refractivity contribution in [2.24, 2.45) is 5.92 Å². The van der Waals surface area contributed by atoms with Gasteiger partial charge in [0.2, 0.25) is 0 Å². The lowest BCUT2D eigenvalue weighted by Gasteiger charge is -2.35. The van der Waals surface area contributed by atoms with E-state index in [0.29, 0.717) is 12.0 Å². The molecule has 2 aliphatic heterocycles. The Bertz CT molecular complexity index is 982. The second-order valence-electron chi connectivity index (χ2n) is 7.78. The highest BCUT2D eigenvalue weighted by Crippen LogP contribution is 2.45. The third-order valence-electron chi connectivity index (χ3n) is 6.03. The summed E-state index contributed by atoms with van der Waals surface area (Å²) < 4.78 is 26.5. The van der Waals surface area contributed by atoms with Gasteiger partial charge in [-0.05, 0) is 77.5 Å². The zero-order chi connectivity index (χ0) is 19.1. The van der Waals surface area contributed by atoms with Crippen LogP contribution in [0.2, 0.25) is 0 Å². The zero-order valence-electron chi connectivity index (χ0n) is 15.5. The Morgan fingerprint density at radius 3 is 2.29 bits per heavy atom. The van der Waals surface area contributed by atoms with Gasteiger partial charge >= 0.3 is 0 Å². The molecule has 1 N–H and O–H groups in total. The largest absolute Gasteiger partial charge is 0.384 e. The fourth-order valence-corrected chi connectivity index (χ4v) is 4.62. The maximum atomic E-state index is 13.3. The van der Waals surface area contributed by atoms with Crippen molar-refractivity contribution < 1.29 is 8.78 Å². The Balaban J connectivity index is 1.48. The summed E-state index contributed by atoms with van der Waals surface area (Å²) in [4.78, 5) is 2.51. The number of likely N-dealkylation sites (tertiary alicyclic amines) is 1. The van der Waals surface area contributed by atoms with Gasteiger partial charge in [0, 0.05) is 24.8 Å². The molecule has 2 atom stereocenters. The first-order valence-corrected chi connectivity index (χ1v) is 9.79. The molecule has 0 aliphatic carbocycles. The Hall–Kier alpha value is -2.72. The molecule has 3 aromatic carbocycles. The summed E-state index contributed by atoms with van der Waals surface area (Å²) in [5.74, 6) is 0.153. The smallest absolute Gasteiger partial charge is 0.123 e. The van der Waals surface area contributed by atoms with Crippen molar-refractivity contribution in [3.63, 3.8) is 0 Å². The van der Waals surface area contributed by atoms with Crippen molar-refractivity contribution in [1.29, 1.82) is 0 Å². The van der Waals surface area contributed by atoms with E-state index in [1.165, 1.54) is 35.5 Å². The van der Waals surface area contributed by atoms with E-state index in [9.17, 15) is 8.78 Å². The van der Waals surface area contributed by atoms with E-state index in [-0.39, 0.29) is 11.6 Å². The van der Waals surface area contributed by atoms with Crippen LogP contribution in [0, 0.1) is 17.6 Å². The molecule has 3 aromatic rings. The van der Waals surface area contributed by atoms with Gasteiger partial charge in [0.15, 0.2) is 0 Å². The monoisotopic (exact) mass is 376 g/mol. The number of nitrogens with one attached hydrogen (secondary N) is 1. The van der Waals surface area contributed by atoms with Gasteiger partial charge in [-0.1, -0.05) is 30.3 Å². The maximum absolute atomic E-state index is 13.3. The summed E-state index contributed by atoms with van der Waals surface area (Å²) in [5, 5.41) is 3.58. The van der Waals surface area contributed by atoms with Crippen LogP contribution in [-0.4, -0.2) is 18.0 Å². The van der Waals surface area contributed by atoms with E-state index >= 15 is 0 Å². The van der Waals surface area contributed by atoms with Crippen LogP contribution in [0.3, 0.4) is 0 Å². The van der Waals surface area contributed by atoms with E-state index in [0.717, 1.165) is 42.7 Å². The number of rotatable bonds is 3. The van der Waals surface area contributed by atoms with Gasteiger partial charge in [0.1, 0.15) is 11.6 Å². The summed E-state index contributed by atoms with van der Waals surface area (Å²) in [6, 6.07) is 20.3. The normalized spacial score (nSPS) is 21.1. The van der Waals surface area contributed by atoms with E-state index in [1.807, 2.05) is 24.3 Å². The van der Waals surface area contributed by atoms with Gasteiger partial charge in [0.25, 0.3) is 0 Å². The fourth-order valence-electron chi connectivity index (χ4n) is 4.62. The molecule has 1 fully saturated rings. The van der Waals surface area contributed by atoms with Crippen LogP contribution < -0.4 is 5.32 Å². The Morgan fingerprint density at radius 1 is 0.857 bits per heavy atom. The summed E-state index contributed by atoms with van der Waals surface area (Å²) >= 11 is 0. The minimum atomic E-state index is -0.218. The predicted molar refractivity (Wildman–Crippen MR) is 108 cm³/mol. The summed E-state index contributed by atoms with van der Waals surface area (Å²) in [6.45, 7) is 2.84. The lowest BCUT2D eigenvalue weighted by atomic mass is 9.87. The van der Waals surface area contributed by atoms with Crippen LogP contribution in [0.1, 0.15) is 23.6 Å². The maximum Gasteiger partial charge on any atom is 0.123 e.